The highest BCUT2D eigenvalue weighted by Crippen LogP contribution is 2.18. The predicted octanol–water partition coefficient (Wildman–Crippen LogP) is 2.88. The van der Waals surface area contributed by atoms with Gasteiger partial charge in [0, 0.05) is 13.0 Å². The van der Waals surface area contributed by atoms with Crippen molar-refractivity contribution in [3.05, 3.63) is 35.1 Å². The Hall–Kier alpha value is -0.890. The fourth-order valence-electron chi connectivity index (χ4n) is 1.40. The average Bonchev–Trinajstić information content (AvgIpc) is 2.03. The van der Waals surface area contributed by atoms with Gasteiger partial charge in [0.25, 0.3) is 0 Å². The molecule has 2 heteroatoms. The summed E-state index contributed by atoms with van der Waals surface area (Å²) in [6.07, 6.45) is 0. The van der Waals surface area contributed by atoms with Crippen LogP contribution in [0.3, 0.4) is 0 Å². The molecule has 0 saturated heterocycles. The molecule has 1 nitrogen and oxygen atoms in total. The molecule has 1 rings (SSSR count). The Morgan fingerprint density at radius 1 is 1.38 bits per heavy atom. The summed E-state index contributed by atoms with van der Waals surface area (Å²) in [6.45, 7) is 4.55. The van der Waals surface area contributed by atoms with E-state index in [1.165, 1.54) is 6.07 Å². The number of methoxy groups -OCH3 is 1. The van der Waals surface area contributed by atoms with Gasteiger partial charge in [0.05, 0.1) is 6.61 Å². The zero-order valence-electron chi connectivity index (χ0n) is 8.30. The van der Waals surface area contributed by atoms with Gasteiger partial charge in [-0.3, -0.25) is 0 Å². The van der Waals surface area contributed by atoms with Crippen molar-refractivity contribution in [1.82, 2.24) is 0 Å². The lowest BCUT2D eigenvalue weighted by Gasteiger charge is -2.11. The van der Waals surface area contributed by atoms with Gasteiger partial charge in [-0.2, -0.15) is 0 Å². The third-order valence-corrected chi connectivity index (χ3v) is 2.05. The molecule has 0 amide bonds. The maximum atomic E-state index is 13.0. The Morgan fingerprint density at radius 2 is 2.08 bits per heavy atom. The number of ether oxygens (including phenoxy) is 1. The Morgan fingerprint density at radius 3 is 2.62 bits per heavy atom. The van der Waals surface area contributed by atoms with Gasteiger partial charge >= 0.3 is 0 Å². The Bertz CT molecular complexity index is 263. The standard InChI is InChI=1S/C11H15FO/c1-8-4-10(6-11(12)5-8)9(2)7-13-3/h4-6,9H,7H2,1-3H3. The zero-order valence-corrected chi connectivity index (χ0v) is 8.30. The number of benzene rings is 1. The second-order valence-electron chi connectivity index (χ2n) is 3.42. The molecule has 0 saturated carbocycles. The molecule has 1 atom stereocenters. The first-order valence-electron chi connectivity index (χ1n) is 4.39. The summed E-state index contributed by atoms with van der Waals surface area (Å²) in [5.74, 6) is 0.0809. The molecule has 1 aromatic rings. The monoisotopic (exact) mass is 182 g/mol. The van der Waals surface area contributed by atoms with Gasteiger partial charge in [0.2, 0.25) is 0 Å². The van der Waals surface area contributed by atoms with Crippen LogP contribution in [-0.4, -0.2) is 13.7 Å². The molecule has 0 aliphatic rings. The van der Waals surface area contributed by atoms with Crippen molar-refractivity contribution in [2.75, 3.05) is 13.7 Å². The van der Waals surface area contributed by atoms with Crippen LogP contribution in [0, 0.1) is 12.7 Å². The molecule has 0 aliphatic carbocycles. The first kappa shape index (κ1) is 10.2. The lowest BCUT2D eigenvalue weighted by Crippen LogP contribution is -2.02. The molecule has 0 bridgehead atoms. The number of rotatable bonds is 3. The largest absolute Gasteiger partial charge is 0.384 e. The minimum Gasteiger partial charge on any atom is -0.384 e. The molecular weight excluding hydrogens is 167 g/mol. The minimum atomic E-state index is -0.169. The van der Waals surface area contributed by atoms with E-state index >= 15 is 0 Å². The van der Waals surface area contributed by atoms with Crippen molar-refractivity contribution >= 4 is 0 Å². The molecule has 0 heterocycles. The molecule has 0 spiro atoms. The van der Waals surface area contributed by atoms with Crippen LogP contribution in [0.4, 0.5) is 4.39 Å². The zero-order chi connectivity index (χ0) is 9.84. The lowest BCUT2D eigenvalue weighted by molar-refractivity contribution is 0.184. The number of hydrogen-bond donors (Lipinski definition) is 0. The predicted molar refractivity (Wildman–Crippen MR) is 51.4 cm³/mol. The van der Waals surface area contributed by atoms with Gasteiger partial charge in [-0.1, -0.05) is 13.0 Å². The molecule has 0 radical (unpaired) electrons. The van der Waals surface area contributed by atoms with Crippen LogP contribution in [-0.2, 0) is 4.74 Å². The van der Waals surface area contributed by atoms with Crippen LogP contribution in [0.5, 0.6) is 0 Å². The van der Waals surface area contributed by atoms with Crippen molar-refractivity contribution in [2.45, 2.75) is 19.8 Å². The van der Waals surface area contributed by atoms with Crippen molar-refractivity contribution in [2.24, 2.45) is 0 Å². The van der Waals surface area contributed by atoms with Crippen molar-refractivity contribution in [1.29, 1.82) is 0 Å². The van der Waals surface area contributed by atoms with Crippen LogP contribution < -0.4 is 0 Å². The molecule has 0 N–H and O–H groups in total. The number of aryl methyl sites for hydroxylation is 1. The van der Waals surface area contributed by atoms with Gasteiger partial charge in [0.1, 0.15) is 5.82 Å². The normalized spacial score (nSPS) is 12.9. The van der Waals surface area contributed by atoms with E-state index in [2.05, 4.69) is 0 Å². The van der Waals surface area contributed by atoms with Gasteiger partial charge in [-0.05, 0) is 30.2 Å². The summed E-state index contributed by atoms with van der Waals surface area (Å²) < 4.78 is 18.0. The van der Waals surface area contributed by atoms with Gasteiger partial charge < -0.3 is 4.74 Å². The quantitative estimate of drug-likeness (QED) is 0.698. The molecule has 1 aromatic carbocycles. The Labute approximate surface area is 78.5 Å². The highest BCUT2D eigenvalue weighted by molar-refractivity contribution is 5.26. The van der Waals surface area contributed by atoms with E-state index in [4.69, 9.17) is 4.74 Å². The average molecular weight is 182 g/mol. The highest BCUT2D eigenvalue weighted by Gasteiger charge is 2.06. The van der Waals surface area contributed by atoms with E-state index in [0.29, 0.717) is 6.61 Å². The van der Waals surface area contributed by atoms with Crippen LogP contribution in [0.1, 0.15) is 24.0 Å². The van der Waals surface area contributed by atoms with E-state index in [1.807, 2.05) is 19.9 Å². The second-order valence-corrected chi connectivity index (χ2v) is 3.42. The van der Waals surface area contributed by atoms with E-state index in [0.717, 1.165) is 11.1 Å². The Balaban J connectivity index is 2.87. The molecule has 1 unspecified atom stereocenters. The van der Waals surface area contributed by atoms with Crippen molar-refractivity contribution in [3.63, 3.8) is 0 Å². The number of hydrogen-bond acceptors (Lipinski definition) is 1. The number of halogens is 1. The molecule has 13 heavy (non-hydrogen) atoms. The first-order chi connectivity index (χ1) is 6.13. The maximum absolute atomic E-state index is 13.0. The minimum absolute atomic E-state index is 0.169. The van der Waals surface area contributed by atoms with E-state index in [1.54, 1.807) is 13.2 Å². The van der Waals surface area contributed by atoms with E-state index in [-0.39, 0.29) is 11.7 Å². The first-order valence-corrected chi connectivity index (χ1v) is 4.39. The second kappa shape index (κ2) is 4.38. The van der Waals surface area contributed by atoms with Crippen LogP contribution >= 0.6 is 0 Å². The van der Waals surface area contributed by atoms with E-state index in [9.17, 15) is 4.39 Å². The fourth-order valence-corrected chi connectivity index (χ4v) is 1.40. The molecule has 0 fully saturated rings. The van der Waals surface area contributed by atoms with Crippen molar-refractivity contribution < 1.29 is 9.13 Å². The smallest absolute Gasteiger partial charge is 0.123 e. The third kappa shape index (κ3) is 2.81. The molecule has 72 valence electrons. The fraction of sp³-hybridized carbons (Fsp3) is 0.455. The van der Waals surface area contributed by atoms with Gasteiger partial charge in [-0.25, -0.2) is 4.39 Å². The van der Waals surface area contributed by atoms with Gasteiger partial charge in [-0.15, -0.1) is 0 Å². The van der Waals surface area contributed by atoms with Crippen LogP contribution in [0.15, 0.2) is 18.2 Å². The third-order valence-electron chi connectivity index (χ3n) is 2.05. The van der Waals surface area contributed by atoms with Crippen LogP contribution in [0.2, 0.25) is 0 Å². The van der Waals surface area contributed by atoms with Gasteiger partial charge in [0.15, 0.2) is 0 Å². The molecule has 0 aromatic heterocycles. The summed E-state index contributed by atoms with van der Waals surface area (Å²) in [6, 6.07) is 5.09. The SMILES string of the molecule is COCC(C)c1cc(C)cc(F)c1. The topological polar surface area (TPSA) is 9.23 Å². The van der Waals surface area contributed by atoms with Crippen LogP contribution in [0.25, 0.3) is 0 Å². The molecule has 0 aliphatic heterocycles. The summed E-state index contributed by atoms with van der Waals surface area (Å²) in [7, 11) is 1.66. The lowest BCUT2D eigenvalue weighted by atomic mass is 10.00. The Kier molecular flexibility index (Phi) is 3.43. The van der Waals surface area contributed by atoms with E-state index < -0.39 is 0 Å². The summed E-state index contributed by atoms with van der Waals surface area (Å²) in [4.78, 5) is 0. The van der Waals surface area contributed by atoms with Crippen molar-refractivity contribution in [3.8, 4) is 0 Å². The summed E-state index contributed by atoms with van der Waals surface area (Å²) in [5, 5.41) is 0. The molecular formula is C11H15FO. The summed E-state index contributed by atoms with van der Waals surface area (Å²) in [5.41, 5.74) is 1.96. The maximum Gasteiger partial charge on any atom is 0.123 e. The highest BCUT2D eigenvalue weighted by atomic mass is 19.1. The summed E-state index contributed by atoms with van der Waals surface area (Å²) >= 11 is 0.